The number of guanidine groups is 1. The fraction of sp³-hybridized carbons (Fsp3) is 0.391. The van der Waals surface area contributed by atoms with Crippen molar-refractivity contribution in [3.63, 3.8) is 0 Å². The molecule has 2 aliphatic heterocycles. The van der Waals surface area contributed by atoms with Crippen molar-refractivity contribution in [3.05, 3.63) is 60.2 Å². The van der Waals surface area contributed by atoms with Gasteiger partial charge in [0.25, 0.3) is 0 Å². The summed E-state index contributed by atoms with van der Waals surface area (Å²) in [5.41, 5.74) is 3.47. The second-order valence-corrected chi connectivity index (χ2v) is 7.53. The molecule has 160 valence electrons. The lowest BCUT2D eigenvalue weighted by molar-refractivity contribution is -0.117. The Balaban J connectivity index is 0.00000256. The number of aliphatic imine (C=N–C) groups is 1. The van der Waals surface area contributed by atoms with E-state index in [0.29, 0.717) is 6.42 Å². The number of nitrogens with zero attached hydrogens (tertiary/aromatic N) is 4. The van der Waals surface area contributed by atoms with Crippen molar-refractivity contribution in [3.8, 4) is 0 Å². The van der Waals surface area contributed by atoms with Crippen LogP contribution in [0.3, 0.4) is 0 Å². The molecular formula is C23H30IN5O. The van der Waals surface area contributed by atoms with Crippen molar-refractivity contribution < 1.29 is 4.79 Å². The van der Waals surface area contributed by atoms with Gasteiger partial charge in [-0.25, -0.2) is 0 Å². The molecule has 0 radical (unpaired) electrons. The first kappa shape index (κ1) is 22.4. The third kappa shape index (κ3) is 5.24. The third-order valence-electron chi connectivity index (χ3n) is 5.68. The number of benzene rings is 2. The van der Waals surface area contributed by atoms with E-state index in [0.717, 1.165) is 57.3 Å². The lowest BCUT2D eigenvalue weighted by atomic mass is 10.2. The van der Waals surface area contributed by atoms with Crippen LogP contribution in [0.1, 0.15) is 18.4 Å². The zero-order chi connectivity index (χ0) is 20.1. The molecule has 30 heavy (non-hydrogen) atoms. The van der Waals surface area contributed by atoms with E-state index in [2.05, 4.69) is 62.6 Å². The molecule has 2 saturated heterocycles. The number of anilines is 2. The first-order chi connectivity index (χ1) is 14.2. The predicted molar refractivity (Wildman–Crippen MR) is 134 cm³/mol. The molecule has 0 aromatic heterocycles. The van der Waals surface area contributed by atoms with Gasteiger partial charge in [-0.2, -0.15) is 0 Å². The molecule has 2 aromatic carbocycles. The summed E-state index contributed by atoms with van der Waals surface area (Å²) in [7, 11) is 1.84. The molecule has 0 atom stereocenters. The van der Waals surface area contributed by atoms with Gasteiger partial charge in [-0.05, 0) is 36.2 Å². The Morgan fingerprint density at radius 3 is 2.23 bits per heavy atom. The highest BCUT2D eigenvalue weighted by Gasteiger charge is 2.22. The number of rotatable bonds is 4. The van der Waals surface area contributed by atoms with Gasteiger partial charge in [-0.3, -0.25) is 9.79 Å². The SMILES string of the molecule is CN=C(NCc1ccc(N2CCCC2=O)cc1)N1CCN(c2ccccc2)CC1.I. The average Bonchev–Trinajstić information content (AvgIpc) is 3.21. The zero-order valence-electron chi connectivity index (χ0n) is 17.5. The molecule has 0 aliphatic carbocycles. The Morgan fingerprint density at radius 1 is 0.933 bits per heavy atom. The van der Waals surface area contributed by atoms with Crippen molar-refractivity contribution >= 4 is 47.2 Å². The Bertz CT molecular complexity index is 848. The second-order valence-electron chi connectivity index (χ2n) is 7.53. The predicted octanol–water partition coefficient (Wildman–Crippen LogP) is 3.33. The molecule has 0 bridgehead atoms. The number of hydrogen-bond donors (Lipinski definition) is 1. The van der Waals surface area contributed by atoms with E-state index in [1.165, 1.54) is 11.3 Å². The monoisotopic (exact) mass is 519 g/mol. The first-order valence-corrected chi connectivity index (χ1v) is 10.4. The average molecular weight is 519 g/mol. The number of halogens is 1. The maximum atomic E-state index is 11.9. The Hall–Kier alpha value is -2.29. The van der Waals surface area contributed by atoms with E-state index in [-0.39, 0.29) is 29.9 Å². The van der Waals surface area contributed by atoms with E-state index in [1.807, 2.05) is 24.1 Å². The summed E-state index contributed by atoms with van der Waals surface area (Å²) in [6, 6.07) is 18.8. The minimum absolute atomic E-state index is 0. The summed E-state index contributed by atoms with van der Waals surface area (Å²) in [6.07, 6.45) is 1.62. The second kappa shape index (κ2) is 10.7. The summed E-state index contributed by atoms with van der Waals surface area (Å²) in [6.45, 7) is 5.43. The van der Waals surface area contributed by atoms with Crippen molar-refractivity contribution in [2.24, 2.45) is 4.99 Å². The maximum Gasteiger partial charge on any atom is 0.227 e. The van der Waals surface area contributed by atoms with Crippen molar-refractivity contribution in [1.29, 1.82) is 0 Å². The van der Waals surface area contributed by atoms with Crippen LogP contribution >= 0.6 is 24.0 Å². The summed E-state index contributed by atoms with van der Waals surface area (Å²) in [5, 5.41) is 3.48. The van der Waals surface area contributed by atoms with Crippen molar-refractivity contribution in [2.45, 2.75) is 19.4 Å². The number of carbonyl (C=O) groups excluding carboxylic acids is 1. The Labute approximate surface area is 196 Å². The van der Waals surface area contributed by atoms with Crippen LogP contribution in [-0.4, -0.2) is 56.5 Å². The molecule has 2 heterocycles. The molecule has 1 amide bonds. The number of carbonyl (C=O) groups is 1. The minimum atomic E-state index is 0. The highest BCUT2D eigenvalue weighted by atomic mass is 127. The van der Waals surface area contributed by atoms with Crippen LogP contribution in [0, 0.1) is 0 Å². The molecule has 0 unspecified atom stereocenters. The standard InChI is InChI=1S/C23H29N5O.HI/c1-24-23(27-16-14-26(15-17-27)20-6-3-2-4-7-20)25-18-19-9-11-21(12-10-19)28-13-5-8-22(28)29;/h2-4,6-7,9-12H,5,8,13-18H2,1H3,(H,24,25);1H. The Morgan fingerprint density at radius 2 is 1.63 bits per heavy atom. The van der Waals surface area contributed by atoms with E-state index < -0.39 is 0 Å². The first-order valence-electron chi connectivity index (χ1n) is 10.4. The quantitative estimate of drug-likeness (QED) is 0.383. The fourth-order valence-corrected chi connectivity index (χ4v) is 4.04. The lowest BCUT2D eigenvalue weighted by Gasteiger charge is -2.37. The number of para-hydroxylation sites is 1. The number of nitrogens with one attached hydrogen (secondary N) is 1. The molecule has 7 heteroatoms. The maximum absolute atomic E-state index is 11.9. The largest absolute Gasteiger partial charge is 0.368 e. The summed E-state index contributed by atoms with van der Waals surface area (Å²) in [4.78, 5) is 23.0. The number of hydrogen-bond acceptors (Lipinski definition) is 3. The Kier molecular flexibility index (Phi) is 7.95. The molecule has 6 nitrogen and oxygen atoms in total. The van der Waals surface area contributed by atoms with Crippen LogP contribution < -0.4 is 15.1 Å². The molecule has 2 fully saturated rings. The minimum Gasteiger partial charge on any atom is -0.368 e. The lowest BCUT2D eigenvalue weighted by Crippen LogP contribution is -2.52. The van der Waals surface area contributed by atoms with Crippen LogP contribution in [-0.2, 0) is 11.3 Å². The van der Waals surface area contributed by atoms with Gasteiger partial charge in [0, 0.05) is 64.1 Å². The summed E-state index contributed by atoms with van der Waals surface area (Å²) >= 11 is 0. The van der Waals surface area contributed by atoms with E-state index in [1.54, 1.807) is 0 Å². The van der Waals surface area contributed by atoms with Crippen LogP contribution in [0.5, 0.6) is 0 Å². The van der Waals surface area contributed by atoms with Gasteiger partial charge in [0.1, 0.15) is 0 Å². The molecule has 0 spiro atoms. The van der Waals surface area contributed by atoms with Crippen molar-refractivity contribution in [2.75, 3.05) is 49.6 Å². The van der Waals surface area contributed by atoms with Crippen LogP contribution in [0.15, 0.2) is 59.6 Å². The molecule has 1 N–H and O–H groups in total. The zero-order valence-corrected chi connectivity index (χ0v) is 19.8. The molecule has 0 saturated carbocycles. The highest BCUT2D eigenvalue weighted by molar-refractivity contribution is 14.0. The molecule has 4 rings (SSSR count). The normalized spacial score (nSPS) is 17.2. The van der Waals surface area contributed by atoms with E-state index >= 15 is 0 Å². The van der Waals surface area contributed by atoms with Crippen LogP contribution in [0.4, 0.5) is 11.4 Å². The van der Waals surface area contributed by atoms with Gasteiger partial charge in [0.2, 0.25) is 5.91 Å². The highest BCUT2D eigenvalue weighted by Crippen LogP contribution is 2.21. The molecule has 2 aliphatic rings. The van der Waals surface area contributed by atoms with Crippen molar-refractivity contribution in [1.82, 2.24) is 10.2 Å². The smallest absolute Gasteiger partial charge is 0.227 e. The summed E-state index contributed by atoms with van der Waals surface area (Å²) in [5.74, 6) is 1.17. The van der Waals surface area contributed by atoms with Gasteiger partial charge >= 0.3 is 0 Å². The third-order valence-corrected chi connectivity index (χ3v) is 5.68. The van der Waals surface area contributed by atoms with Gasteiger partial charge in [-0.15, -0.1) is 24.0 Å². The fourth-order valence-electron chi connectivity index (χ4n) is 4.04. The van der Waals surface area contributed by atoms with E-state index in [4.69, 9.17) is 0 Å². The summed E-state index contributed by atoms with van der Waals surface area (Å²) < 4.78 is 0. The van der Waals surface area contributed by atoms with Crippen LogP contribution in [0.2, 0.25) is 0 Å². The van der Waals surface area contributed by atoms with Gasteiger partial charge < -0.3 is 20.0 Å². The van der Waals surface area contributed by atoms with Crippen LogP contribution in [0.25, 0.3) is 0 Å². The molecular weight excluding hydrogens is 489 g/mol. The van der Waals surface area contributed by atoms with Gasteiger partial charge in [0.05, 0.1) is 0 Å². The topological polar surface area (TPSA) is 51.2 Å². The van der Waals surface area contributed by atoms with E-state index in [9.17, 15) is 4.79 Å². The van der Waals surface area contributed by atoms with Gasteiger partial charge in [0.15, 0.2) is 5.96 Å². The molecule has 2 aromatic rings. The number of piperazine rings is 1. The van der Waals surface area contributed by atoms with Gasteiger partial charge in [-0.1, -0.05) is 30.3 Å². The number of amides is 1.